The lowest BCUT2D eigenvalue weighted by molar-refractivity contribution is -0.122. The van der Waals surface area contributed by atoms with E-state index < -0.39 is 6.04 Å². The lowest BCUT2D eigenvalue weighted by atomic mass is 10.0. The van der Waals surface area contributed by atoms with Gasteiger partial charge in [-0.15, -0.1) is 36.2 Å². The third-order valence-electron chi connectivity index (χ3n) is 2.72. The maximum atomic E-state index is 11.3. The average molecular weight is 312 g/mol. The van der Waals surface area contributed by atoms with Gasteiger partial charge in [-0.2, -0.15) is 0 Å². The van der Waals surface area contributed by atoms with Crippen LogP contribution in [0.15, 0.2) is 0 Å². The van der Waals surface area contributed by atoms with Crippen LogP contribution in [0, 0.1) is 0 Å². The number of carbonyl (C=O) groups is 1. The van der Waals surface area contributed by atoms with Crippen LogP contribution >= 0.6 is 36.2 Å². The van der Waals surface area contributed by atoms with E-state index in [1.54, 1.807) is 18.3 Å². The molecule has 0 radical (unpaired) electrons. The van der Waals surface area contributed by atoms with Crippen LogP contribution in [0.5, 0.6) is 0 Å². The monoisotopic (exact) mass is 311 g/mol. The Hall–Kier alpha value is -0.360. The third-order valence-corrected chi connectivity index (χ3v) is 3.87. The Morgan fingerprint density at radius 2 is 2.11 bits per heavy atom. The van der Waals surface area contributed by atoms with Crippen molar-refractivity contribution in [1.29, 1.82) is 0 Å². The highest BCUT2D eigenvalue weighted by Crippen LogP contribution is 2.26. The van der Waals surface area contributed by atoms with Crippen LogP contribution in [0.4, 0.5) is 0 Å². The first-order chi connectivity index (χ1) is 7.66. The Bertz CT molecular complexity index is 372. The molecule has 0 saturated heterocycles. The predicted molar refractivity (Wildman–Crippen MR) is 78.7 cm³/mol. The normalized spacial score (nSPS) is 14.8. The summed E-state index contributed by atoms with van der Waals surface area (Å²) in [5.74, 6) is -0.117. The number of aromatic nitrogens is 1. The molecule has 1 aliphatic rings. The molecule has 1 aromatic rings. The molecule has 0 saturated carbocycles. The fraction of sp³-hybridized carbons (Fsp3) is 0.636. The van der Waals surface area contributed by atoms with E-state index >= 15 is 0 Å². The van der Waals surface area contributed by atoms with Gasteiger partial charge in [-0.25, -0.2) is 4.98 Å². The molecule has 1 aliphatic carbocycles. The molecule has 1 aromatic heterocycles. The van der Waals surface area contributed by atoms with Crippen LogP contribution in [0.3, 0.4) is 0 Å². The molecular weight excluding hydrogens is 293 g/mol. The lowest BCUT2D eigenvalue weighted by Gasteiger charge is -2.06. The number of fused-ring (bicyclic) bond motifs is 1. The highest BCUT2D eigenvalue weighted by atomic mass is 35.5. The van der Waals surface area contributed by atoms with Gasteiger partial charge >= 0.3 is 0 Å². The molecule has 4 nitrogen and oxygen atoms in total. The van der Waals surface area contributed by atoms with Gasteiger partial charge in [-0.1, -0.05) is 0 Å². The quantitative estimate of drug-likeness (QED) is 0.895. The Labute approximate surface area is 124 Å². The zero-order chi connectivity index (χ0) is 11.5. The van der Waals surface area contributed by atoms with Crippen LogP contribution in [-0.4, -0.2) is 16.9 Å². The number of thiazole rings is 1. The molecule has 0 aromatic carbocycles. The van der Waals surface area contributed by atoms with Crippen molar-refractivity contribution in [1.82, 2.24) is 10.3 Å². The zero-order valence-electron chi connectivity index (χ0n) is 10.3. The minimum Gasteiger partial charge on any atom is -0.348 e. The van der Waals surface area contributed by atoms with E-state index in [0.29, 0.717) is 6.54 Å². The molecule has 104 valence electrons. The molecule has 7 heteroatoms. The fourth-order valence-electron chi connectivity index (χ4n) is 1.80. The highest BCUT2D eigenvalue weighted by molar-refractivity contribution is 7.11. The number of carbonyl (C=O) groups excluding carboxylic acids is 1. The first kappa shape index (κ1) is 17.6. The Balaban J connectivity index is 0.00000144. The van der Waals surface area contributed by atoms with Crippen molar-refractivity contribution in [2.45, 2.75) is 45.2 Å². The summed E-state index contributed by atoms with van der Waals surface area (Å²) < 4.78 is 0. The number of aryl methyl sites for hydroxylation is 2. The first-order valence-corrected chi connectivity index (χ1v) is 6.49. The van der Waals surface area contributed by atoms with Gasteiger partial charge in [-0.3, -0.25) is 4.79 Å². The Kier molecular flexibility index (Phi) is 7.78. The topological polar surface area (TPSA) is 68.0 Å². The Morgan fingerprint density at radius 3 is 2.72 bits per heavy atom. The van der Waals surface area contributed by atoms with E-state index in [-0.39, 0.29) is 30.7 Å². The van der Waals surface area contributed by atoms with Crippen LogP contribution in [0.2, 0.25) is 0 Å². The van der Waals surface area contributed by atoms with Gasteiger partial charge in [0.15, 0.2) is 0 Å². The lowest BCUT2D eigenvalue weighted by Crippen LogP contribution is -2.37. The number of rotatable bonds is 3. The molecule has 0 bridgehead atoms. The zero-order valence-corrected chi connectivity index (χ0v) is 12.7. The van der Waals surface area contributed by atoms with Crippen LogP contribution in [-0.2, 0) is 24.2 Å². The minimum atomic E-state index is -0.449. The van der Waals surface area contributed by atoms with Crippen molar-refractivity contribution in [3.05, 3.63) is 15.6 Å². The molecule has 1 heterocycles. The number of halogens is 2. The van der Waals surface area contributed by atoms with Gasteiger partial charge in [-0.05, 0) is 32.6 Å². The molecule has 2 rings (SSSR count). The average Bonchev–Trinajstić information content (AvgIpc) is 2.68. The number of hydrogen-bond acceptors (Lipinski definition) is 4. The second-order valence-corrected chi connectivity index (χ2v) is 5.36. The molecule has 3 N–H and O–H groups in total. The van der Waals surface area contributed by atoms with E-state index in [9.17, 15) is 4.79 Å². The minimum absolute atomic E-state index is 0. The summed E-state index contributed by atoms with van der Waals surface area (Å²) in [6.45, 7) is 2.19. The Morgan fingerprint density at radius 1 is 1.44 bits per heavy atom. The second-order valence-electron chi connectivity index (χ2n) is 4.19. The maximum Gasteiger partial charge on any atom is 0.236 e. The van der Waals surface area contributed by atoms with Gasteiger partial charge in [0, 0.05) is 4.88 Å². The van der Waals surface area contributed by atoms with Crippen molar-refractivity contribution < 1.29 is 4.79 Å². The SMILES string of the molecule is CC(N)C(=O)NCc1nc2c(s1)CCCC2.Cl.Cl. The van der Waals surface area contributed by atoms with Gasteiger partial charge in [0.2, 0.25) is 5.91 Å². The van der Waals surface area contributed by atoms with Crippen LogP contribution < -0.4 is 11.1 Å². The van der Waals surface area contributed by atoms with E-state index in [1.165, 1.54) is 23.4 Å². The third kappa shape index (κ3) is 4.39. The van der Waals surface area contributed by atoms with Crippen LogP contribution in [0.1, 0.15) is 35.3 Å². The van der Waals surface area contributed by atoms with Crippen molar-refractivity contribution in [3.63, 3.8) is 0 Å². The van der Waals surface area contributed by atoms with Gasteiger partial charge in [0.1, 0.15) is 5.01 Å². The fourth-order valence-corrected chi connectivity index (χ4v) is 2.90. The summed E-state index contributed by atoms with van der Waals surface area (Å²) in [6.07, 6.45) is 4.74. The largest absolute Gasteiger partial charge is 0.348 e. The first-order valence-electron chi connectivity index (χ1n) is 5.67. The van der Waals surface area contributed by atoms with Crippen molar-refractivity contribution in [2.75, 3.05) is 0 Å². The van der Waals surface area contributed by atoms with Gasteiger partial charge < -0.3 is 11.1 Å². The van der Waals surface area contributed by atoms with E-state index in [1.807, 2.05) is 0 Å². The van der Waals surface area contributed by atoms with Gasteiger partial charge in [0.05, 0.1) is 18.3 Å². The van der Waals surface area contributed by atoms with Crippen LogP contribution in [0.25, 0.3) is 0 Å². The number of nitrogens with two attached hydrogens (primary N) is 1. The number of nitrogens with one attached hydrogen (secondary N) is 1. The molecule has 1 amide bonds. The number of hydrogen-bond donors (Lipinski definition) is 2. The van der Waals surface area contributed by atoms with E-state index in [0.717, 1.165) is 17.8 Å². The van der Waals surface area contributed by atoms with Crippen molar-refractivity contribution >= 4 is 42.1 Å². The van der Waals surface area contributed by atoms with Crippen molar-refractivity contribution in [2.24, 2.45) is 5.73 Å². The molecule has 0 fully saturated rings. The highest BCUT2D eigenvalue weighted by Gasteiger charge is 2.15. The maximum absolute atomic E-state index is 11.3. The smallest absolute Gasteiger partial charge is 0.236 e. The summed E-state index contributed by atoms with van der Waals surface area (Å²) in [5.41, 5.74) is 6.71. The summed E-state index contributed by atoms with van der Waals surface area (Å²) in [4.78, 5) is 17.2. The summed E-state index contributed by atoms with van der Waals surface area (Å²) >= 11 is 1.72. The molecule has 0 spiro atoms. The number of nitrogens with zero attached hydrogens (tertiary/aromatic N) is 1. The molecule has 1 unspecified atom stereocenters. The summed E-state index contributed by atoms with van der Waals surface area (Å²) in [6, 6.07) is -0.449. The molecule has 1 atom stereocenters. The number of amides is 1. The molecule has 0 aliphatic heterocycles. The van der Waals surface area contributed by atoms with E-state index in [4.69, 9.17) is 5.73 Å². The molecular formula is C11H19Cl2N3OS. The molecule has 18 heavy (non-hydrogen) atoms. The van der Waals surface area contributed by atoms with E-state index in [2.05, 4.69) is 10.3 Å². The standard InChI is InChI=1S/C11H17N3OS.2ClH/c1-7(12)11(15)13-6-10-14-8-4-2-3-5-9(8)16-10;;/h7H,2-6,12H2,1H3,(H,13,15);2*1H. The van der Waals surface area contributed by atoms with Crippen molar-refractivity contribution in [3.8, 4) is 0 Å². The summed E-state index contributed by atoms with van der Waals surface area (Å²) in [5, 5.41) is 3.79. The predicted octanol–water partition coefficient (Wildman–Crippen LogP) is 1.83. The van der Waals surface area contributed by atoms with Gasteiger partial charge in [0.25, 0.3) is 0 Å². The second kappa shape index (κ2) is 7.94. The summed E-state index contributed by atoms with van der Waals surface area (Å²) in [7, 11) is 0.